The van der Waals surface area contributed by atoms with Crippen molar-refractivity contribution in [3.8, 4) is 11.1 Å². The standard InChI is InChI=1S/C32H33N3O4/c1-22-7-3-9-25(23(22)2)14-16-39-21-31(36)35-15-6-12-29-28(11-5-13-30(29)35)27-18-33-34(20-27)19-24-8-4-10-26(17-24)32(37)38/h3-5,7-11,13,17-18,20H,6,12,14-16,19,21H2,1-2H3,(H,37,38). The zero-order valence-corrected chi connectivity index (χ0v) is 22.4. The average molecular weight is 524 g/mol. The predicted molar refractivity (Wildman–Crippen MR) is 151 cm³/mol. The fourth-order valence-corrected chi connectivity index (χ4v) is 5.24. The minimum atomic E-state index is -0.945. The molecule has 7 nitrogen and oxygen atoms in total. The number of fused-ring (bicyclic) bond motifs is 1. The summed E-state index contributed by atoms with van der Waals surface area (Å²) in [6.07, 6.45) is 6.35. The van der Waals surface area contributed by atoms with Crippen LogP contribution in [0.4, 0.5) is 5.69 Å². The van der Waals surface area contributed by atoms with Gasteiger partial charge in [0.05, 0.1) is 24.9 Å². The normalized spacial score (nSPS) is 12.8. The molecule has 1 amide bonds. The number of aryl methyl sites for hydroxylation is 1. The lowest BCUT2D eigenvalue weighted by Gasteiger charge is -2.30. The molecule has 0 saturated heterocycles. The van der Waals surface area contributed by atoms with Gasteiger partial charge in [0.15, 0.2) is 0 Å². The number of hydrogen-bond donors (Lipinski definition) is 1. The quantitative estimate of drug-likeness (QED) is 0.295. The first kappa shape index (κ1) is 26.4. The van der Waals surface area contributed by atoms with E-state index in [1.165, 1.54) is 16.7 Å². The van der Waals surface area contributed by atoms with Gasteiger partial charge in [-0.15, -0.1) is 0 Å². The first-order valence-electron chi connectivity index (χ1n) is 13.3. The Morgan fingerprint density at radius 1 is 1.05 bits per heavy atom. The van der Waals surface area contributed by atoms with Gasteiger partial charge in [-0.1, -0.05) is 42.5 Å². The van der Waals surface area contributed by atoms with Gasteiger partial charge < -0.3 is 14.7 Å². The van der Waals surface area contributed by atoms with Crippen molar-refractivity contribution in [2.75, 3.05) is 24.7 Å². The zero-order chi connectivity index (χ0) is 27.4. The van der Waals surface area contributed by atoms with Crippen LogP contribution in [0, 0.1) is 13.8 Å². The minimum absolute atomic E-state index is 0.0249. The number of aromatic carboxylic acids is 1. The van der Waals surface area contributed by atoms with Gasteiger partial charge in [0.25, 0.3) is 5.91 Å². The maximum Gasteiger partial charge on any atom is 0.335 e. The van der Waals surface area contributed by atoms with E-state index in [1.807, 2.05) is 40.2 Å². The largest absolute Gasteiger partial charge is 0.478 e. The molecule has 2 heterocycles. The number of carboxylic acids is 1. The Labute approximate surface area is 228 Å². The fraction of sp³-hybridized carbons (Fsp3) is 0.281. The van der Waals surface area contributed by atoms with Crippen molar-refractivity contribution in [3.05, 3.63) is 106 Å². The maximum absolute atomic E-state index is 13.2. The number of carbonyl (C=O) groups is 2. The summed E-state index contributed by atoms with van der Waals surface area (Å²) in [7, 11) is 0. The third-order valence-corrected chi connectivity index (χ3v) is 7.47. The summed E-state index contributed by atoms with van der Waals surface area (Å²) >= 11 is 0. The second-order valence-corrected chi connectivity index (χ2v) is 10.0. The second-order valence-electron chi connectivity index (χ2n) is 10.0. The number of amides is 1. The number of nitrogens with zero attached hydrogens (tertiary/aromatic N) is 3. The Hall–Kier alpha value is -4.23. The number of carbonyl (C=O) groups excluding carboxylic acids is 1. The lowest BCUT2D eigenvalue weighted by molar-refractivity contribution is -0.123. The monoisotopic (exact) mass is 523 g/mol. The second kappa shape index (κ2) is 11.7. The number of aromatic nitrogens is 2. The summed E-state index contributed by atoms with van der Waals surface area (Å²) in [5.41, 5.74) is 9.04. The van der Waals surface area contributed by atoms with Gasteiger partial charge in [0.2, 0.25) is 0 Å². The smallest absolute Gasteiger partial charge is 0.335 e. The topological polar surface area (TPSA) is 84.7 Å². The van der Waals surface area contributed by atoms with E-state index in [1.54, 1.807) is 18.2 Å². The molecule has 7 heteroatoms. The number of ether oxygens (including phenoxy) is 1. The molecule has 1 N–H and O–H groups in total. The van der Waals surface area contributed by atoms with Crippen LogP contribution in [0.3, 0.4) is 0 Å². The van der Waals surface area contributed by atoms with Crippen LogP contribution in [0.15, 0.2) is 73.1 Å². The molecular formula is C32H33N3O4. The first-order chi connectivity index (χ1) is 18.9. The van der Waals surface area contributed by atoms with Crippen LogP contribution < -0.4 is 4.90 Å². The lowest BCUT2D eigenvalue weighted by Crippen LogP contribution is -2.38. The molecule has 1 aliphatic rings. The number of benzene rings is 3. The van der Waals surface area contributed by atoms with Crippen LogP contribution in [-0.4, -0.2) is 46.5 Å². The number of carboxylic acid groups (broad SMARTS) is 1. The molecule has 0 unspecified atom stereocenters. The van der Waals surface area contributed by atoms with Crippen LogP contribution >= 0.6 is 0 Å². The highest BCUT2D eigenvalue weighted by Crippen LogP contribution is 2.35. The van der Waals surface area contributed by atoms with Crippen molar-refractivity contribution in [2.45, 2.75) is 39.7 Å². The molecule has 1 aliphatic heterocycles. The van der Waals surface area contributed by atoms with E-state index in [2.05, 4.69) is 43.2 Å². The van der Waals surface area contributed by atoms with Gasteiger partial charge in [-0.3, -0.25) is 9.48 Å². The van der Waals surface area contributed by atoms with E-state index in [9.17, 15) is 14.7 Å². The highest BCUT2D eigenvalue weighted by molar-refractivity contribution is 5.96. The molecule has 0 aliphatic carbocycles. The molecule has 5 rings (SSSR count). The lowest BCUT2D eigenvalue weighted by atomic mass is 9.93. The minimum Gasteiger partial charge on any atom is -0.478 e. The van der Waals surface area contributed by atoms with Crippen LogP contribution in [0.1, 0.15) is 44.6 Å². The van der Waals surface area contributed by atoms with Gasteiger partial charge in [0, 0.05) is 24.0 Å². The van der Waals surface area contributed by atoms with Crippen LogP contribution in [0.25, 0.3) is 11.1 Å². The number of rotatable bonds is 9. The van der Waals surface area contributed by atoms with Gasteiger partial charge in [-0.25, -0.2) is 4.79 Å². The molecule has 4 aromatic rings. The summed E-state index contributed by atoms with van der Waals surface area (Å²) in [6, 6.07) is 19.2. The van der Waals surface area contributed by atoms with Crippen LogP contribution in [0.5, 0.6) is 0 Å². The molecule has 0 spiro atoms. The van der Waals surface area contributed by atoms with E-state index in [-0.39, 0.29) is 18.1 Å². The van der Waals surface area contributed by atoms with Crippen molar-refractivity contribution < 1.29 is 19.4 Å². The van der Waals surface area contributed by atoms with E-state index in [0.717, 1.165) is 47.2 Å². The van der Waals surface area contributed by atoms with E-state index in [0.29, 0.717) is 19.7 Å². The van der Waals surface area contributed by atoms with Crippen LogP contribution in [0.2, 0.25) is 0 Å². The van der Waals surface area contributed by atoms with E-state index < -0.39 is 5.97 Å². The van der Waals surface area contributed by atoms with Crippen LogP contribution in [-0.2, 0) is 28.9 Å². The molecule has 0 saturated carbocycles. The molecule has 200 valence electrons. The highest BCUT2D eigenvalue weighted by Gasteiger charge is 2.25. The van der Waals surface area contributed by atoms with Gasteiger partial charge in [-0.2, -0.15) is 5.10 Å². The van der Waals surface area contributed by atoms with Crippen molar-refractivity contribution in [3.63, 3.8) is 0 Å². The Bertz CT molecular complexity index is 1510. The fourth-order valence-electron chi connectivity index (χ4n) is 5.24. The maximum atomic E-state index is 13.2. The predicted octanol–water partition coefficient (Wildman–Crippen LogP) is 5.45. The Morgan fingerprint density at radius 2 is 1.87 bits per heavy atom. The van der Waals surface area contributed by atoms with Crippen molar-refractivity contribution in [1.29, 1.82) is 0 Å². The number of hydrogen-bond acceptors (Lipinski definition) is 4. The van der Waals surface area contributed by atoms with E-state index in [4.69, 9.17) is 4.74 Å². The SMILES string of the molecule is Cc1cccc(CCOCC(=O)N2CCCc3c(-c4cnn(Cc5cccc(C(=O)O)c5)c4)cccc32)c1C. The molecule has 0 atom stereocenters. The molecule has 1 aromatic heterocycles. The van der Waals surface area contributed by atoms with Gasteiger partial charge in [0.1, 0.15) is 6.61 Å². The highest BCUT2D eigenvalue weighted by atomic mass is 16.5. The summed E-state index contributed by atoms with van der Waals surface area (Å²) < 4.78 is 7.63. The average Bonchev–Trinajstić information content (AvgIpc) is 3.40. The summed E-state index contributed by atoms with van der Waals surface area (Å²) in [6.45, 7) is 5.94. The Morgan fingerprint density at radius 3 is 2.72 bits per heavy atom. The molecule has 3 aromatic carbocycles. The summed E-state index contributed by atoms with van der Waals surface area (Å²) in [5.74, 6) is -0.970. The third kappa shape index (κ3) is 5.94. The van der Waals surface area contributed by atoms with Crippen molar-refractivity contribution in [1.82, 2.24) is 9.78 Å². The first-order valence-corrected chi connectivity index (χ1v) is 13.3. The van der Waals surface area contributed by atoms with E-state index >= 15 is 0 Å². The summed E-state index contributed by atoms with van der Waals surface area (Å²) in [4.78, 5) is 26.3. The molecule has 0 radical (unpaired) electrons. The number of anilines is 1. The molecule has 0 bridgehead atoms. The van der Waals surface area contributed by atoms with Gasteiger partial charge in [-0.05, 0) is 84.7 Å². The van der Waals surface area contributed by atoms with Gasteiger partial charge >= 0.3 is 5.97 Å². The molecule has 39 heavy (non-hydrogen) atoms. The molecule has 0 fully saturated rings. The molecular weight excluding hydrogens is 490 g/mol. The Balaban J connectivity index is 1.26. The Kier molecular flexibility index (Phi) is 7.89. The zero-order valence-electron chi connectivity index (χ0n) is 22.4. The third-order valence-electron chi connectivity index (χ3n) is 7.47. The summed E-state index contributed by atoms with van der Waals surface area (Å²) in [5, 5.41) is 13.8. The van der Waals surface area contributed by atoms with Crippen molar-refractivity contribution >= 4 is 17.6 Å². The van der Waals surface area contributed by atoms with Crippen molar-refractivity contribution in [2.24, 2.45) is 0 Å².